The topological polar surface area (TPSA) is 93.8 Å². The number of rotatable bonds is 6. The molecular formula is C20H31N5O3. The Morgan fingerprint density at radius 2 is 1.54 bits per heavy atom. The third-order valence-corrected chi connectivity index (χ3v) is 4.75. The number of piperazine rings is 1. The van der Waals surface area contributed by atoms with E-state index in [1.54, 1.807) is 0 Å². The van der Waals surface area contributed by atoms with Crippen molar-refractivity contribution in [3.8, 4) is 0 Å². The monoisotopic (exact) mass is 389 g/mol. The minimum absolute atomic E-state index is 0.0221. The van der Waals surface area contributed by atoms with Crippen LogP contribution < -0.4 is 16.0 Å². The van der Waals surface area contributed by atoms with Crippen LogP contribution in [0.2, 0.25) is 0 Å². The lowest BCUT2D eigenvalue weighted by Crippen LogP contribution is -2.52. The van der Waals surface area contributed by atoms with Gasteiger partial charge >= 0.3 is 6.03 Å². The molecule has 0 bridgehead atoms. The molecular weight excluding hydrogens is 358 g/mol. The van der Waals surface area contributed by atoms with Gasteiger partial charge in [-0.25, -0.2) is 4.79 Å². The van der Waals surface area contributed by atoms with Crippen molar-refractivity contribution in [3.05, 3.63) is 29.3 Å². The van der Waals surface area contributed by atoms with Gasteiger partial charge in [-0.2, -0.15) is 0 Å². The molecule has 0 aliphatic carbocycles. The van der Waals surface area contributed by atoms with Crippen molar-refractivity contribution in [2.24, 2.45) is 0 Å². The molecule has 1 heterocycles. The molecule has 1 saturated heterocycles. The molecule has 2 rings (SSSR count). The number of hydrogen-bond acceptors (Lipinski definition) is 5. The summed E-state index contributed by atoms with van der Waals surface area (Å²) in [5, 5.41) is 7.93. The summed E-state index contributed by atoms with van der Waals surface area (Å²) in [7, 11) is 0. The molecule has 1 aromatic rings. The lowest BCUT2D eigenvalue weighted by Gasteiger charge is -2.33. The number of imide groups is 1. The molecule has 1 aliphatic rings. The van der Waals surface area contributed by atoms with Crippen LogP contribution in [0.15, 0.2) is 18.2 Å². The molecule has 8 heteroatoms. The molecule has 28 heavy (non-hydrogen) atoms. The third-order valence-electron chi connectivity index (χ3n) is 4.75. The maximum Gasteiger partial charge on any atom is 0.321 e. The zero-order valence-corrected chi connectivity index (χ0v) is 17.2. The average molecular weight is 390 g/mol. The maximum absolute atomic E-state index is 12.3. The number of carbonyl (C=O) groups excluding carboxylic acids is 3. The predicted molar refractivity (Wildman–Crippen MR) is 109 cm³/mol. The SMILES string of the molecule is Cc1cccc(NC(=O)CN2CCN(CC(=O)NC(=O)NC(C)C)CC2)c1C. The molecule has 154 valence electrons. The van der Waals surface area contributed by atoms with Crippen molar-refractivity contribution in [2.75, 3.05) is 44.6 Å². The summed E-state index contributed by atoms with van der Waals surface area (Å²) in [6.07, 6.45) is 0. The van der Waals surface area contributed by atoms with Gasteiger partial charge < -0.3 is 10.6 Å². The smallest absolute Gasteiger partial charge is 0.321 e. The lowest BCUT2D eigenvalue weighted by atomic mass is 10.1. The van der Waals surface area contributed by atoms with Gasteiger partial charge in [0.2, 0.25) is 11.8 Å². The third kappa shape index (κ3) is 6.94. The van der Waals surface area contributed by atoms with Crippen molar-refractivity contribution >= 4 is 23.5 Å². The second kappa shape index (κ2) is 10.2. The summed E-state index contributed by atoms with van der Waals surface area (Å²) < 4.78 is 0. The molecule has 1 aliphatic heterocycles. The van der Waals surface area contributed by atoms with Gasteiger partial charge in [0, 0.05) is 37.9 Å². The number of nitrogens with zero attached hydrogens (tertiary/aromatic N) is 2. The quantitative estimate of drug-likeness (QED) is 0.677. The van der Waals surface area contributed by atoms with Crippen molar-refractivity contribution < 1.29 is 14.4 Å². The number of hydrogen-bond donors (Lipinski definition) is 3. The number of urea groups is 1. The van der Waals surface area contributed by atoms with Crippen molar-refractivity contribution in [1.82, 2.24) is 20.4 Å². The van der Waals surface area contributed by atoms with Crippen molar-refractivity contribution in [3.63, 3.8) is 0 Å². The Balaban J connectivity index is 1.71. The highest BCUT2D eigenvalue weighted by Gasteiger charge is 2.21. The van der Waals surface area contributed by atoms with Crippen LogP contribution in [0.3, 0.4) is 0 Å². The van der Waals surface area contributed by atoms with Crippen LogP contribution in [0, 0.1) is 13.8 Å². The molecule has 4 amide bonds. The first-order chi connectivity index (χ1) is 13.2. The van der Waals surface area contributed by atoms with E-state index < -0.39 is 6.03 Å². The Labute approximate surface area is 166 Å². The van der Waals surface area contributed by atoms with E-state index in [0.29, 0.717) is 32.7 Å². The highest BCUT2D eigenvalue weighted by Crippen LogP contribution is 2.17. The normalized spacial score (nSPS) is 15.3. The fourth-order valence-corrected chi connectivity index (χ4v) is 3.05. The minimum Gasteiger partial charge on any atom is -0.336 e. The van der Waals surface area contributed by atoms with E-state index in [1.165, 1.54) is 0 Å². The summed E-state index contributed by atoms with van der Waals surface area (Å²) in [4.78, 5) is 39.9. The first-order valence-electron chi connectivity index (χ1n) is 9.65. The number of nitrogens with one attached hydrogen (secondary N) is 3. The number of amides is 4. The largest absolute Gasteiger partial charge is 0.336 e. The molecule has 0 spiro atoms. The van der Waals surface area contributed by atoms with E-state index in [0.717, 1.165) is 16.8 Å². The van der Waals surface area contributed by atoms with Gasteiger partial charge in [-0.1, -0.05) is 12.1 Å². The van der Waals surface area contributed by atoms with E-state index in [9.17, 15) is 14.4 Å². The van der Waals surface area contributed by atoms with Crippen LogP contribution in [0.4, 0.5) is 10.5 Å². The molecule has 8 nitrogen and oxygen atoms in total. The molecule has 1 aromatic carbocycles. The Hall–Kier alpha value is -2.45. The first kappa shape index (κ1) is 21.8. The Bertz CT molecular complexity index is 712. The number of benzene rings is 1. The summed E-state index contributed by atoms with van der Waals surface area (Å²) in [6, 6.07) is 5.37. The van der Waals surface area contributed by atoms with Crippen LogP contribution in [-0.4, -0.2) is 73.0 Å². The zero-order valence-electron chi connectivity index (χ0n) is 17.2. The van der Waals surface area contributed by atoms with E-state index in [1.807, 2.05) is 50.8 Å². The maximum atomic E-state index is 12.3. The second-order valence-corrected chi connectivity index (χ2v) is 7.52. The van der Waals surface area contributed by atoms with E-state index in [2.05, 4.69) is 20.9 Å². The molecule has 0 saturated carbocycles. The van der Waals surface area contributed by atoms with Crippen LogP contribution in [0.1, 0.15) is 25.0 Å². The van der Waals surface area contributed by atoms with Gasteiger partial charge in [0.05, 0.1) is 13.1 Å². The van der Waals surface area contributed by atoms with Gasteiger partial charge in [0.15, 0.2) is 0 Å². The van der Waals surface area contributed by atoms with Crippen LogP contribution in [0.25, 0.3) is 0 Å². The van der Waals surface area contributed by atoms with E-state index in [-0.39, 0.29) is 24.4 Å². The Morgan fingerprint density at radius 3 is 2.11 bits per heavy atom. The van der Waals surface area contributed by atoms with Gasteiger partial charge in [0.25, 0.3) is 0 Å². The van der Waals surface area contributed by atoms with Crippen LogP contribution >= 0.6 is 0 Å². The van der Waals surface area contributed by atoms with Gasteiger partial charge in [-0.05, 0) is 44.9 Å². The van der Waals surface area contributed by atoms with Crippen LogP contribution in [0.5, 0.6) is 0 Å². The van der Waals surface area contributed by atoms with Gasteiger partial charge in [0.1, 0.15) is 0 Å². The summed E-state index contributed by atoms with van der Waals surface area (Å²) in [6.45, 7) is 10.9. The molecule has 3 N–H and O–H groups in total. The summed E-state index contributed by atoms with van der Waals surface area (Å²) >= 11 is 0. The van der Waals surface area contributed by atoms with Crippen molar-refractivity contribution in [2.45, 2.75) is 33.7 Å². The fourth-order valence-electron chi connectivity index (χ4n) is 3.05. The summed E-state index contributed by atoms with van der Waals surface area (Å²) in [5.41, 5.74) is 3.07. The molecule has 1 fully saturated rings. The van der Waals surface area contributed by atoms with E-state index >= 15 is 0 Å². The lowest BCUT2D eigenvalue weighted by molar-refractivity contribution is -0.122. The Kier molecular flexibility index (Phi) is 7.95. The van der Waals surface area contributed by atoms with Crippen LogP contribution in [-0.2, 0) is 9.59 Å². The molecule has 0 radical (unpaired) electrons. The second-order valence-electron chi connectivity index (χ2n) is 7.52. The zero-order chi connectivity index (χ0) is 20.7. The van der Waals surface area contributed by atoms with Crippen molar-refractivity contribution in [1.29, 1.82) is 0 Å². The average Bonchev–Trinajstić information content (AvgIpc) is 2.59. The number of carbonyl (C=O) groups is 3. The first-order valence-corrected chi connectivity index (χ1v) is 9.65. The predicted octanol–water partition coefficient (Wildman–Crippen LogP) is 1.09. The number of anilines is 1. The standard InChI is InChI=1S/C20H31N5O3/c1-14(2)21-20(28)23-19(27)13-25-10-8-24(9-11-25)12-18(26)22-17-7-5-6-15(3)16(17)4/h5-7,14H,8-13H2,1-4H3,(H,22,26)(H2,21,23,27,28). The van der Waals surface area contributed by atoms with Gasteiger partial charge in [-0.3, -0.25) is 24.7 Å². The highest BCUT2D eigenvalue weighted by molar-refractivity contribution is 5.95. The molecule has 0 aromatic heterocycles. The minimum atomic E-state index is -0.471. The number of aryl methyl sites for hydroxylation is 1. The fraction of sp³-hybridized carbons (Fsp3) is 0.550. The highest BCUT2D eigenvalue weighted by atomic mass is 16.2. The molecule has 0 atom stereocenters. The Morgan fingerprint density at radius 1 is 0.964 bits per heavy atom. The van der Waals surface area contributed by atoms with Gasteiger partial charge in [-0.15, -0.1) is 0 Å². The summed E-state index contributed by atoms with van der Waals surface area (Å²) in [5.74, 6) is -0.357. The van der Waals surface area contributed by atoms with E-state index in [4.69, 9.17) is 0 Å². The molecule has 0 unspecified atom stereocenters.